The smallest absolute Gasteiger partial charge is 0.162 e. The molecule has 3 heterocycles. The Hall–Kier alpha value is -1.84. The van der Waals surface area contributed by atoms with Crippen LogP contribution in [0.4, 0.5) is 0 Å². The van der Waals surface area contributed by atoms with Crippen LogP contribution in [0, 0.1) is 11.3 Å². The van der Waals surface area contributed by atoms with Crippen LogP contribution >= 0.6 is 0 Å². The number of hydrogen-bond acceptors (Lipinski definition) is 2. The van der Waals surface area contributed by atoms with Gasteiger partial charge in [-0.3, -0.25) is 9.80 Å². The Morgan fingerprint density at radius 1 is 0.822 bits per heavy atom. The maximum atomic E-state index is 3.23. The first-order chi connectivity index (χ1) is 21.8. The summed E-state index contributed by atoms with van der Waals surface area (Å²) in [5.41, 5.74) is 6.00. The molecule has 10 atom stereocenters. The third kappa shape index (κ3) is 3.46. The fourth-order valence-corrected chi connectivity index (χ4v) is 14.7. The Kier molecular flexibility index (Phi) is 6.03. The highest BCUT2D eigenvalue weighted by molar-refractivity contribution is 6.66. The van der Waals surface area contributed by atoms with Crippen LogP contribution in [0.1, 0.15) is 115 Å². The van der Waals surface area contributed by atoms with Gasteiger partial charge < -0.3 is 0 Å². The summed E-state index contributed by atoms with van der Waals surface area (Å²) < 4.78 is 0. The molecule has 5 fully saturated rings. The van der Waals surface area contributed by atoms with Gasteiger partial charge in [-0.05, 0) is 110 Å². The molecule has 9 aliphatic rings. The summed E-state index contributed by atoms with van der Waals surface area (Å²) in [6, 6.07) is 12.9. The van der Waals surface area contributed by atoms with E-state index in [4.69, 9.17) is 0 Å². The van der Waals surface area contributed by atoms with Crippen molar-refractivity contribution < 1.29 is 0 Å². The van der Waals surface area contributed by atoms with Gasteiger partial charge in [-0.25, -0.2) is 0 Å². The molecule has 2 saturated carbocycles. The minimum Gasteiger partial charge on any atom is -0.291 e. The molecule has 236 valence electrons. The van der Waals surface area contributed by atoms with Crippen LogP contribution in [0.15, 0.2) is 72.4 Å². The van der Waals surface area contributed by atoms with Crippen molar-refractivity contribution in [2.24, 2.45) is 11.3 Å². The number of benzene rings is 1. The van der Waals surface area contributed by atoms with E-state index >= 15 is 0 Å². The first-order valence-electron chi connectivity index (χ1n) is 19.2. The van der Waals surface area contributed by atoms with Crippen LogP contribution < -0.4 is 0 Å². The molecule has 3 heteroatoms. The third-order valence-corrected chi connectivity index (χ3v) is 16.3. The molecule has 1 aromatic carbocycles. The Labute approximate surface area is 273 Å². The van der Waals surface area contributed by atoms with Crippen molar-refractivity contribution >= 4 is 6.71 Å². The number of rotatable bonds is 1. The minimum atomic E-state index is 0.231. The van der Waals surface area contributed by atoms with E-state index in [1.165, 1.54) is 70.6 Å². The average molecular weight is 599 g/mol. The van der Waals surface area contributed by atoms with E-state index in [9.17, 15) is 0 Å². The lowest BCUT2D eigenvalue weighted by Crippen LogP contribution is -2.73. The molecular formula is C42H55BN2. The lowest BCUT2D eigenvalue weighted by molar-refractivity contribution is -0.0481. The highest BCUT2D eigenvalue weighted by atomic mass is 15.3. The molecule has 10 rings (SSSR count). The summed E-state index contributed by atoms with van der Waals surface area (Å²) in [7, 11) is 0. The molecule has 3 saturated heterocycles. The van der Waals surface area contributed by atoms with E-state index < -0.39 is 0 Å². The topological polar surface area (TPSA) is 6.48 Å². The van der Waals surface area contributed by atoms with Gasteiger partial charge in [-0.1, -0.05) is 106 Å². The molecule has 45 heavy (non-hydrogen) atoms. The zero-order chi connectivity index (χ0) is 30.3. The van der Waals surface area contributed by atoms with Crippen molar-refractivity contribution in [2.45, 2.75) is 163 Å². The van der Waals surface area contributed by atoms with E-state index in [2.05, 4.69) is 104 Å². The van der Waals surface area contributed by atoms with Gasteiger partial charge in [0.15, 0.2) is 6.71 Å². The molecule has 6 aliphatic carbocycles. The van der Waals surface area contributed by atoms with Crippen molar-refractivity contribution in [2.75, 3.05) is 0 Å². The quantitative estimate of drug-likeness (QED) is 0.235. The van der Waals surface area contributed by atoms with Crippen molar-refractivity contribution in [3.63, 3.8) is 0 Å². The fourth-order valence-electron chi connectivity index (χ4n) is 14.7. The lowest BCUT2D eigenvalue weighted by Gasteiger charge is -2.67. The molecule has 2 nitrogen and oxygen atoms in total. The second-order valence-corrected chi connectivity index (χ2v) is 18.1. The monoisotopic (exact) mass is 598 g/mol. The predicted molar refractivity (Wildman–Crippen MR) is 188 cm³/mol. The van der Waals surface area contributed by atoms with Gasteiger partial charge >= 0.3 is 0 Å². The van der Waals surface area contributed by atoms with Gasteiger partial charge in [0.25, 0.3) is 0 Å². The summed E-state index contributed by atoms with van der Waals surface area (Å²) in [5.74, 6) is 3.58. The molecule has 0 radical (unpaired) electrons. The Bertz CT molecular complexity index is 1510. The molecule has 0 bridgehead atoms. The van der Waals surface area contributed by atoms with Gasteiger partial charge in [-0.2, -0.15) is 0 Å². The minimum absolute atomic E-state index is 0.231. The first-order valence-corrected chi connectivity index (χ1v) is 19.2. The molecular weight excluding hydrogens is 543 g/mol. The van der Waals surface area contributed by atoms with Crippen LogP contribution in [0.25, 0.3) is 0 Å². The number of allylic oxidation sites excluding steroid dienone is 4. The van der Waals surface area contributed by atoms with Crippen molar-refractivity contribution in [1.82, 2.24) is 9.80 Å². The van der Waals surface area contributed by atoms with Crippen LogP contribution in [-0.2, 0) is 5.41 Å². The maximum absolute atomic E-state index is 3.23. The lowest BCUT2D eigenvalue weighted by atomic mass is 9.19. The van der Waals surface area contributed by atoms with E-state index in [1.54, 1.807) is 11.1 Å². The van der Waals surface area contributed by atoms with Gasteiger partial charge in [-0.15, -0.1) is 0 Å². The van der Waals surface area contributed by atoms with E-state index in [0.717, 1.165) is 30.4 Å². The molecule has 1 aromatic rings. The second-order valence-electron chi connectivity index (χ2n) is 18.1. The fraction of sp³-hybridized carbons (Fsp3) is 0.667. The van der Waals surface area contributed by atoms with Gasteiger partial charge in [0.05, 0.1) is 0 Å². The molecule has 1 spiro atoms. The third-order valence-electron chi connectivity index (χ3n) is 16.3. The van der Waals surface area contributed by atoms with Crippen molar-refractivity contribution in [3.05, 3.63) is 83.5 Å². The molecule has 0 amide bonds. The molecule has 0 aromatic heterocycles. The van der Waals surface area contributed by atoms with Crippen LogP contribution in [0.2, 0.25) is 17.5 Å². The van der Waals surface area contributed by atoms with Crippen LogP contribution in [-0.4, -0.2) is 52.3 Å². The predicted octanol–water partition coefficient (Wildman–Crippen LogP) is 9.49. The summed E-state index contributed by atoms with van der Waals surface area (Å²) >= 11 is 0. The zero-order valence-electron chi connectivity index (χ0n) is 28.4. The zero-order valence-corrected chi connectivity index (χ0v) is 28.4. The van der Waals surface area contributed by atoms with Gasteiger partial charge in [0, 0.05) is 41.2 Å². The van der Waals surface area contributed by atoms with Gasteiger partial charge in [0.1, 0.15) is 0 Å². The molecule has 10 unspecified atom stereocenters. The maximum Gasteiger partial charge on any atom is 0.162 e. The summed E-state index contributed by atoms with van der Waals surface area (Å²) in [6.45, 7) is 11.3. The Balaban J connectivity index is 1.08. The van der Waals surface area contributed by atoms with Crippen LogP contribution in [0.5, 0.6) is 0 Å². The Morgan fingerprint density at radius 3 is 2.49 bits per heavy atom. The van der Waals surface area contributed by atoms with Crippen molar-refractivity contribution in [3.8, 4) is 0 Å². The van der Waals surface area contributed by atoms with Gasteiger partial charge in [0.2, 0.25) is 0 Å². The van der Waals surface area contributed by atoms with E-state index in [1.807, 2.05) is 5.57 Å². The molecule has 0 N–H and O–H groups in total. The highest BCUT2D eigenvalue weighted by Gasteiger charge is 2.71. The normalized spacial score (nSPS) is 44.5. The summed E-state index contributed by atoms with van der Waals surface area (Å²) in [5, 5.41) is 0. The number of nitrogens with zero attached hydrogens (tertiary/aromatic N) is 2. The van der Waals surface area contributed by atoms with Crippen LogP contribution in [0.3, 0.4) is 0 Å². The SMILES string of the molecule is CC1(C)c2ccccc2C2CC(N3C4CC=CCC4B4C5C=CC=C6C5N(C5CCCC3C45)C(C)(C)C63CCCCC3)C=CC21. The van der Waals surface area contributed by atoms with E-state index in [0.29, 0.717) is 41.2 Å². The summed E-state index contributed by atoms with van der Waals surface area (Å²) in [4.78, 5) is 6.44. The number of fused-ring (bicyclic) bond motifs is 8. The summed E-state index contributed by atoms with van der Waals surface area (Å²) in [6.07, 6.45) is 33.8. The van der Waals surface area contributed by atoms with Crippen molar-refractivity contribution in [1.29, 1.82) is 0 Å². The molecule has 3 aliphatic heterocycles. The largest absolute Gasteiger partial charge is 0.291 e. The average Bonchev–Trinajstić information content (AvgIpc) is 3.40. The first kappa shape index (κ1) is 28.2. The Morgan fingerprint density at radius 2 is 1.62 bits per heavy atom. The highest BCUT2D eigenvalue weighted by Crippen LogP contribution is 2.70. The standard InChI is InChI=1S/C42H55BN2/c1-40(2)30-15-7-6-14-28(30)29-26-27(22-23-31(29)40)44-35-19-9-8-17-33(35)43-34-18-12-16-32-39(34)45(37-21-13-20-36(44)38(37)43)41(3,4)42(32)24-10-5-11-25-42/h6-9,12,14-16,18,22-23,27,29,31,33-39H,5,10-11,13,17,19-21,24-26H2,1-4H3. The number of hydrogen-bond donors (Lipinski definition) is 0. The van der Waals surface area contributed by atoms with E-state index in [-0.39, 0.29) is 11.0 Å². The second kappa shape index (κ2) is 9.62.